The first kappa shape index (κ1) is 15.6. The smallest absolute Gasteiger partial charge is 0.0992 e. The average molecular weight is 258 g/mol. The van der Waals surface area contributed by atoms with Gasteiger partial charge in [-0.1, -0.05) is 33.8 Å². The van der Waals surface area contributed by atoms with Crippen molar-refractivity contribution in [1.29, 1.82) is 5.26 Å². The highest BCUT2D eigenvalue weighted by atomic mass is 15.1. The van der Waals surface area contributed by atoms with Crippen LogP contribution in [0.2, 0.25) is 0 Å². The van der Waals surface area contributed by atoms with Gasteiger partial charge >= 0.3 is 0 Å². The van der Waals surface area contributed by atoms with E-state index >= 15 is 0 Å². The summed E-state index contributed by atoms with van der Waals surface area (Å²) in [7, 11) is 0. The zero-order valence-corrected chi connectivity index (χ0v) is 12.7. The minimum Gasteiger partial charge on any atom is -0.371 e. The molecule has 0 aliphatic carbocycles. The van der Waals surface area contributed by atoms with Gasteiger partial charge in [0, 0.05) is 18.8 Å². The van der Waals surface area contributed by atoms with E-state index in [1.807, 2.05) is 18.2 Å². The third kappa shape index (κ3) is 5.79. The molecule has 0 spiro atoms. The zero-order chi connectivity index (χ0) is 14.3. The fraction of sp³-hybridized carbons (Fsp3) is 0.588. The Kier molecular flexibility index (Phi) is 6.42. The quantitative estimate of drug-likeness (QED) is 0.722. The average Bonchev–Trinajstić information content (AvgIpc) is 2.38. The van der Waals surface area contributed by atoms with E-state index in [0.29, 0.717) is 11.8 Å². The first-order valence-corrected chi connectivity index (χ1v) is 7.28. The highest BCUT2D eigenvalue weighted by Gasteiger charge is 2.09. The molecule has 1 aromatic carbocycles. The summed E-state index contributed by atoms with van der Waals surface area (Å²) in [5, 5.41) is 9.01. The Bertz CT molecular complexity index is 404. The van der Waals surface area contributed by atoms with Crippen LogP contribution in [0.5, 0.6) is 0 Å². The van der Waals surface area contributed by atoms with Crippen molar-refractivity contribution in [2.24, 2.45) is 11.8 Å². The summed E-state index contributed by atoms with van der Waals surface area (Å²) >= 11 is 0. The highest BCUT2D eigenvalue weighted by molar-refractivity contribution is 5.51. The van der Waals surface area contributed by atoms with Crippen LogP contribution < -0.4 is 4.90 Å². The van der Waals surface area contributed by atoms with E-state index in [1.165, 1.54) is 18.5 Å². The van der Waals surface area contributed by atoms with Crippen molar-refractivity contribution < 1.29 is 0 Å². The van der Waals surface area contributed by atoms with Crippen LogP contribution in [0.3, 0.4) is 0 Å². The van der Waals surface area contributed by atoms with E-state index in [0.717, 1.165) is 18.7 Å². The molecule has 0 atom stereocenters. The van der Waals surface area contributed by atoms with Gasteiger partial charge in [-0.2, -0.15) is 5.26 Å². The number of nitrogens with zero attached hydrogens (tertiary/aromatic N) is 2. The Morgan fingerprint density at radius 3 is 2.11 bits per heavy atom. The summed E-state index contributed by atoms with van der Waals surface area (Å²) in [5.41, 5.74) is 1.93. The van der Waals surface area contributed by atoms with Crippen molar-refractivity contribution in [2.45, 2.75) is 40.5 Å². The van der Waals surface area contributed by atoms with Crippen LogP contribution in [0.4, 0.5) is 5.69 Å². The Hall–Kier alpha value is -1.49. The number of hydrogen-bond donors (Lipinski definition) is 0. The van der Waals surface area contributed by atoms with Crippen LogP contribution in [0.1, 0.15) is 46.1 Å². The molecular formula is C17H26N2. The summed E-state index contributed by atoms with van der Waals surface area (Å²) in [6.45, 7) is 11.2. The van der Waals surface area contributed by atoms with E-state index in [2.05, 4.69) is 44.7 Å². The van der Waals surface area contributed by atoms with Gasteiger partial charge in [-0.05, 0) is 42.9 Å². The molecule has 19 heavy (non-hydrogen) atoms. The molecule has 2 nitrogen and oxygen atoms in total. The molecule has 0 aromatic heterocycles. The summed E-state index contributed by atoms with van der Waals surface area (Å²) in [6, 6.07) is 10.2. The second-order valence-corrected chi connectivity index (χ2v) is 6.01. The molecule has 0 aliphatic rings. The molecule has 0 unspecified atom stereocenters. The van der Waals surface area contributed by atoms with Crippen LogP contribution in [-0.2, 0) is 0 Å². The van der Waals surface area contributed by atoms with Gasteiger partial charge in [-0.25, -0.2) is 0 Å². The standard InChI is InChI=1S/C17H26N2/c1-14(2)8-10-19(11-9-15(3)4)17-7-5-6-16(12-17)13-18/h5-7,12,14-15H,8-11H2,1-4H3. The van der Waals surface area contributed by atoms with Gasteiger partial charge in [0.2, 0.25) is 0 Å². The van der Waals surface area contributed by atoms with Gasteiger partial charge in [-0.3, -0.25) is 0 Å². The first-order chi connectivity index (χ1) is 9.02. The molecule has 0 N–H and O–H groups in total. The van der Waals surface area contributed by atoms with E-state index in [-0.39, 0.29) is 0 Å². The Balaban J connectivity index is 2.78. The predicted molar refractivity (Wildman–Crippen MR) is 82.3 cm³/mol. The lowest BCUT2D eigenvalue weighted by Crippen LogP contribution is -2.27. The normalized spacial score (nSPS) is 10.8. The van der Waals surface area contributed by atoms with Gasteiger partial charge in [0.25, 0.3) is 0 Å². The number of nitriles is 1. The highest BCUT2D eigenvalue weighted by Crippen LogP contribution is 2.19. The lowest BCUT2D eigenvalue weighted by atomic mass is 10.1. The van der Waals surface area contributed by atoms with Crippen LogP contribution in [0, 0.1) is 23.2 Å². The molecule has 0 saturated heterocycles. The van der Waals surface area contributed by atoms with Crippen molar-refractivity contribution in [3.05, 3.63) is 29.8 Å². The molecular weight excluding hydrogens is 232 g/mol. The maximum atomic E-state index is 9.01. The lowest BCUT2D eigenvalue weighted by molar-refractivity contribution is 0.535. The van der Waals surface area contributed by atoms with Crippen LogP contribution in [0.25, 0.3) is 0 Å². The third-order valence-corrected chi connectivity index (χ3v) is 3.29. The Labute approximate surface area is 118 Å². The second-order valence-electron chi connectivity index (χ2n) is 6.01. The second kappa shape index (κ2) is 7.84. The molecule has 0 aliphatic heterocycles. The van der Waals surface area contributed by atoms with Crippen LogP contribution >= 0.6 is 0 Å². The van der Waals surface area contributed by atoms with E-state index < -0.39 is 0 Å². The topological polar surface area (TPSA) is 27.0 Å². The molecule has 1 rings (SSSR count). The van der Waals surface area contributed by atoms with Gasteiger partial charge < -0.3 is 4.90 Å². The molecule has 0 amide bonds. The Morgan fingerprint density at radius 1 is 1.05 bits per heavy atom. The zero-order valence-electron chi connectivity index (χ0n) is 12.7. The van der Waals surface area contributed by atoms with Gasteiger partial charge in [0.15, 0.2) is 0 Å². The largest absolute Gasteiger partial charge is 0.371 e. The summed E-state index contributed by atoms with van der Waals surface area (Å²) in [5.74, 6) is 1.42. The fourth-order valence-corrected chi connectivity index (χ4v) is 1.97. The van der Waals surface area contributed by atoms with Gasteiger partial charge in [0.1, 0.15) is 0 Å². The lowest BCUT2D eigenvalue weighted by Gasteiger charge is -2.26. The van der Waals surface area contributed by atoms with Gasteiger partial charge in [0.05, 0.1) is 11.6 Å². The minimum absolute atomic E-state index is 0.709. The Morgan fingerprint density at radius 2 is 1.63 bits per heavy atom. The number of benzene rings is 1. The van der Waals surface area contributed by atoms with Crippen LogP contribution in [0.15, 0.2) is 24.3 Å². The van der Waals surface area contributed by atoms with Crippen molar-refractivity contribution in [2.75, 3.05) is 18.0 Å². The molecule has 1 aromatic rings. The maximum absolute atomic E-state index is 9.01. The number of anilines is 1. The molecule has 104 valence electrons. The molecule has 0 saturated carbocycles. The predicted octanol–water partition coefficient (Wildman–Crippen LogP) is 4.46. The number of rotatable bonds is 7. The summed E-state index contributed by atoms with van der Waals surface area (Å²) < 4.78 is 0. The first-order valence-electron chi connectivity index (χ1n) is 7.28. The maximum Gasteiger partial charge on any atom is 0.0992 e. The van der Waals surface area contributed by atoms with Crippen molar-refractivity contribution in [1.82, 2.24) is 0 Å². The van der Waals surface area contributed by atoms with E-state index in [9.17, 15) is 0 Å². The molecule has 2 heteroatoms. The van der Waals surface area contributed by atoms with E-state index in [1.54, 1.807) is 0 Å². The third-order valence-electron chi connectivity index (χ3n) is 3.29. The van der Waals surface area contributed by atoms with Crippen molar-refractivity contribution >= 4 is 5.69 Å². The minimum atomic E-state index is 0.709. The molecule has 0 radical (unpaired) electrons. The van der Waals surface area contributed by atoms with Gasteiger partial charge in [-0.15, -0.1) is 0 Å². The summed E-state index contributed by atoms with van der Waals surface area (Å²) in [6.07, 6.45) is 2.38. The fourth-order valence-electron chi connectivity index (χ4n) is 1.97. The van der Waals surface area contributed by atoms with Crippen molar-refractivity contribution in [3.63, 3.8) is 0 Å². The SMILES string of the molecule is CC(C)CCN(CCC(C)C)c1cccc(C#N)c1. The molecule has 0 fully saturated rings. The monoisotopic (exact) mass is 258 g/mol. The van der Waals surface area contributed by atoms with Crippen LogP contribution in [-0.4, -0.2) is 13.1 Å². The molecule has 0 heterocycles. The van der Waals surface area contributed by atoms with E-state index in [4.69, 9.17) is 5.26 Å². The molecule has 0 bridgehead atoms. The summed E-state index contributed by atoms with van der Waals surface area (Å²) in [4.78, 5) is 2.42. The van der Waals surface area contributed by atoms with Crippen molar-refractivity contribution in [3.8, 4) is 6.07 Å². The number of hydrogen-bond acceptors (Lipinski definition) is 2.